The van der Waals surface area contributed by atoms with Crippen LogP contribution in [-0.4, -0.2) is 17.4 Å². The van der Waals surface area contributed by atoms with Gasteiger partial charge in [-0.05, 0) is 29.0 Å². The van der Waals surface area contributed by atoms with Gasteiger partial charge < -0.3 is 9.84 Å². The predicted molar refractivity (Wildman–Crippen MR) is 67.7 cm³/mol. The molecule has 0 saturated carbocycles. The fourth-order valence-corrected chi connectivity index (χ4v) is 1.65. The van der Waals surface area contributed by atoms with Crippen LogP contribution in [0, 0.1) is 0 Å². The highest BCUT2D eigenvalue weighted by molar-refractivity contribution is 5.71. The molecular formula is C14H19FO3. The van der Waals surface area contributed by atoms with Crippen molar-refractivity contribution in [3.05, 3.63) is 29.3 Å². The molecule has 1 N–H and O–H groups in total. The van der Waals surface area contributed by atoms with Gasteiger partial charge in [-0.1, -0.05) is 39.8 Å². The third kappa shape index (κ3) is 3.45. The summed E-state index contributed by atoms with van der Waals surface area (Å²) in [4.78, 5) is 10.5. The van der Waals surface area contributed by atoms with Crippen LogP contribution >= 0.6 is 0 Å². The van der Waals surface area contributed by atoms with Gasteiger partial charge >= 0.3 is 12.3 Å². The van der Waals surface area contributed by atoms with Crippen LogP contribution in [0.15, 0.2) is 18.2 Å². The Balaban J connectivity index is 3.14. The van der Waals surface area contributed by atoms with Gasteiger partial charge in [0.25, 0.3) is 0 Å². The lowest BCUT2D eigenvalue weighted by atomic mass is 9.85. The highest BCUT2D eigenvalue weighted by Crippen LogP contribution is 2.33. The number of hydrogen-bond acceptors (Lipinski definition) is 2. The van der Waals surface area contributed by atoms with Crippen molar-refractivity contribution in [2.75, 3.05) is 0 Å². The highest BCUT2D eigenvalue weighted by Gasteiger charge is 2.24. The standard InChI is InChI=1S/C14H19FO3/c1-5-9-6-7-11(18-12(15)13(16)17)10(8-9)14(2,3)4/h6-8,12H,5H2,1-4H3,(H,16,17). The summed E-state index contributed by atoms with van der Waals surface area (Å²) in [6, 6.07) is 5.39. The van der Waals surface area contributed by atoms with Crippen molar-refractivity contribution in [1.29, 1.82) is 0 Å². The molecule has 0 aromatic heterocycles. The SMILES string of the molecule is CCc1ccc(OC(F)C(=O)O)c(C(C)(C)C)c1. The summed E-state index contributed by atoms with van der Waals surface area (Å²) in [5, 5.41) is 8.54. The lowest BCUT2D eigenvalue weighted by Gasteiger charge is -2.24. The van der Waals surface area contributed by atoms with E-state index in [1.165, 1.54) is 0 Å². The van der Waals surface area contributed by atoms with Crippen molar-refractivity contribution >= 4 is 5.97 Å². The number of ether oxygens (including phenoxy) is 1. The zero-order chi connectivity index (χ0) is 13.9. The van der Waals surface area contributed by atoms with E-state index in [0.29, 0.717) is 0 Å². The molecule has 1 rings (SSSR count). The summed E-state index contributed by atoms with van der Waals surface area (Å²) in [5.41, 5.74) is 1.68. The number of carboxylic acids is 1. The number of benzene rings is 1. The van der Waals surface area contributed by atoms with Gasteiger partial charge in [-0.2, -0.15) is 4.39 Å². The Morgan fingerprint density at radius 2 is 2.06 bits per heavy atom. The molecule has 3 nitrogen and oxygen atoms in total. The predicted octanol–water partition coefficient (Wildman–Crippen LogP) is 3.31. The molecule has 1 aromatic carbocycles. The topological polar surface area (TPSA) is 46.5 Å². The van der Waals surface area contributed by atoms with Crippen molar-refractivity contribution in [2.24, 2.45) is 0 Å². The Hall–Kier alpha value is -1.58. The van der Waals surface area contributed by atoms with E-state index in [4.69, 9.17) is 9.84 Å². The lowest BCUT2D eigenvalue weighted by Crippen LogP contribution is -2.23. The molecule has 0 radical (unpaired) electrons. The van der Waals surface area contributed by atoms with E-state index in [-0.39, 0.29) is 11.2 Å². The fraction of sp³-hybridized carbons (Fsp3) is 0.500. The minimum Gasteiger partial charge on any atom is -0.476 e. The van der Waals surface area contributed by atoms with Crippen molar-refractivity contribution in [3.8, 4) is 5.75 Å². The molecule has 0 saturated heterocycles. The van der Waals surface area contributed by atoms with Crippen LogP contribution in [0.2, 0.25) is 0 Å². The zero-order valence-corrected chi connectivity index (χ0v) is 11.2. The monoisotopic (exact) mass is 254 g/mol. The Morgan fingerprint density at radius 1 is 1.44 bits per heavy atom. The average Bonchev–Trinajstić information content (AvgIpc) is 2.27. The summed E-state index contributed by atoms with van der Waals surface area (Å²) in [6.07, 6.45) is -1.47. The van der Waals surface area contributed by atoms with Crippen LogP contribution in [0.3, 0.4) is 0 Å². The van der Waals surface area contributed by atoms with E-state index in [1.54, 1.807) is 6.07 Å². The first kappa shape index (κ1) is 14.5. The second-order valence-electron chi connectivity index (χ2n) is 5.21. The Morgan fingerprint density at radius 3 is 2.50 bits per heavy atom. The van der Waals surface area contributed by atoms with Crippen LogP contribution in [0.1, 0.15) is 38.8 Å². The number of halogens is 1. The molecule has 100 valence electrons. The van der Waals surface area contributed by atoms with Crippen LogP contribution < -0.4 is 4.74 Å². The van der Waals surface area contributed by atoms with E-state index < -0.39 is 12.3 Å². The van der Waals surface area contributed by atoms with Crippen molar-refractivity contribution in [2.45, 2.75) is 45.9 Å². The van der Waals surface area contributed by atoms with Gasteiger partial charge in [-0.25, -0.2) is 4.79 Å². The number of hydrogen-bond donors (Lipinski definition) is 1. The quantitative estimate of drug-likeness (QED) is 0.896. The summed E-state index contributed by atoms with van der Waals surface area (Å²) >= 11 is 0. The van der Waals surface area contributed by atoms with Crippen LogP contribution in [0.5, 0.6) is 5.75 Å². The Bertz CT molecular complexity index is 435. The minimum atomic E-state index is -2.33. The lowest BCUT2D eigenvalue weighted by molar-refractivity contribution is -0.153. The molecule has 0 aliphatic carbocycles. The third-order valence-electron chi connectivity index (χ3n) is 2.68. The van der Waals surface area contributed by atoms with E-state index in [9.17, 15) is 9.18 Å². The van der Waals surface area contributed by atoms with Gasteiger partial charge in [0.15, 0.2) is 0 Å². The molecule has 0 fully saturated rings. The molecule has 0 spiro atoms. The van der Waals surface area contributed by atoms with Gasteiger partial charge in [0.1, 0.15) is 5.75 Å². The largest absolute Gasteiger partial charge is 0.476 e. The van der Waals surface area contributed by atoms with Gasteiger partial charge in [0, 0.05) is 0 Å². The van der Waals surface area contributed by atoms with E-state index in [0.717, 1.165) is 17.5 Å². The molecule has 1 unspecified atom stereocenters. The number of aliphatic carboxylic acids is 1. The molecule has 0 aliphatic rings. The number of rotatable bonds is 4. The van der Waals surface area contributed by atoms with Gasteiger partial charge in [-0.15, -0.1) is 0 Å². The molecule has 1 atom stereocenters. The first-order valence-corrected chi connectivity index (χ1v) is 5.92. The zero-order valence-electron chi connectivity index (χ0n) is 11.2. The number of aryl methyl sites for hydroxylation is 1. The maximum atomic E-state index is 13.1. The van der Waals surface area contributed by atoms with E-state index >= 15 is 0 Å². The van der Waals surface area contributed by atoms with E-state index in [2.05, 4.69) is 0 Å². The molecule has 0 bridgehead atoms. The van der Waals surface area contributed by atoms with Crippen molar-refractivity contribution in [1.82, 2.24) is 0 Å². The molecule has 0 aliphatic heterocycles. The smallest absolute Gasteiger partial charge is 0.378 e. The number of alkyl halides is 1. The summed E-state index contributed by atoms with van der Waals surface area (Å²) in [6.45, 7) is 7.95. The fourth-order valence-electron chi connectivity index (χ4n) is 1.65. The van der Waals surface area contributed by atoms with Gasteiger partial charge in [-0.3, -0.25) is 0 Å². The van der Waals surface area contributed by atoms with Crippen LogP contribution in [0.25, 0.3) is 0 Å². The maximum Gasteiger partial charge on any atom is 0.378 e. The molecule has 0 amide bonds. The van der Waals surface area contributed by atoms with Gasteiger partial charge in [0.2, 0.25) is 0 Å². The van der Waals surface area contributed by atoms with Crippen molar-refractivity contribution in [3.63, 3.8) is 0 Å². The van der Waals surface area contributed by atoms with Crippen LogP contribution in [0.4, 0.5) is 4.39 Å². The summed E-state index contributed by atoms with van der Waals surface area (Å²) < 4.78 is 18.0. The first-order chi connectivity index (χ1) is 8.25. The molecule has 4 heteroatoms. The van der Waals surface area contributed by atoms with Crippen LogP contribution in [-0.2, 0) is 16.6 Å². The Labute approximate surface area is 107 Å². The van der Waals surface area contributed by atoms with E-state index in [1.807, 2.05) is 39.8 Å². The number of carbonyl (C=O) groups is 1. The number of carboxylic acid groups (broad SMARTS) is 1. The van der Waals surface area contributed by atoms with Gasteiger partial charge in [0.05, 0.1) is 0 Å². The Kier molecular flexibility index (Phi) is 4.33. The molecule has 0 heterocycles. The van der Waals surface area contributed by atoms with Crippen molar-refractivity contribution < 1.29 is 19.0 Å². The second kappa shape index (κ2) is 5.38. The normalized spacial score (nSPS) is 13.2. The highest BCUT2D eigenvalue weighted by atomic mass is 19.1. The maximum absolute atomic E-state index is 13.1. The third-order valence-corrected chi connectivity index (χ3v) is 2.68. The first-order valence-electron chi connectivity index (χ1n) is 5.92. The minimum absolute atomic E-state index is 0.237. The second-order valence-corrected chi connectivity index (χ2v) is 5.21. The molecule has 18 heavy (non-hydrogen) atoms. The summed E-state index contributed by atoms with van der Waals surface area (Å²) in [7, 11) is 0. The molecular weight excluding hydrogens is 235 g/mol. The summed E-state index contributed by atoms with van der Waals surface area (Å²) in [5.74, 6) is -1.33. The molecule has 1 aromatic rings. The average molecular weight is 254 g/mol.